The molecule has 0 fully saturated rings. The van der Waals surface area contributed by atoms with Crippen LogP contribution in [0.15, 0.2) is 52.4 Å². The van der Waals surface area contributed by atoms with E-state index in [0.29, 0.717) is 22.0 Å². The van der Waals surface area contributed by atoms with Crippen molar-refractivity contribution in [3.63, 3.8) is 0 Å². The molecule has 160 valence electrons. The Morgan fingerprint density at radius 2 is 1.81 bits per heavy atom. The number of carbonyl (C=O) groups excluding carboxylic acids is 1. The molecule has 3 aromatic rings. The summed E-state index contributed by atoms with van der Waals surface area (Å²) in [6.07, 6.45) is 0.0609. The van der Waals surface area contributed by atoms with E-state index in [1.165, 1.54) is 26.0 Å². The van der Waals surface area contributed by atoms with Crippen LogP contribution >= 0.6 is 11.8 Å². The van der Waals surface area contributed by atoms with Crippen LogP contribution in [0, 0.1) is 0 Å². The van der Waals surface area contributed by atoms with Crippen molar-refractivity contribution < 1.29 is 19.4 Å². The van der Waals surface area contributed by atoms with Gasteiger partial charge in [0.15, 0.2) is 16.7 Å². The SMILES string of the molecule is COc1cc([C@H]2CC(=O)Nc3nc(SCc4ccccc4)[nH]c(=O)c32)cc(OC)c1O. The number of rotatable bonds is 6. The van der Waals surface area contributed by atoms with Gasteiger partial charge in [-0.25, -0.2) is 4.98 Å². The number of aromatic nitrogens is 2. The highest BCUT2D eigenvalue weighted by atomic mass is 32.2. The second-order valence-electron chi connectivity index (χ2n) is 6.99. The standard InChI is InChI=1S/C22H21N3O5S/c1-29-15-8-13(9-16(30-2)19(15)27)14-10-17(26)23-20-18(14)21(28)25-22(24-20)31-11-12-6-4-3-5-7-12/h3-9,14,27H,10-11H2,1-2H3,(H2,23,24,25,26,28)/t14-/m1/s1. The van der Waals surface area contributed by atoms with Crippen LogP contribution in [-0.2, 0) is 10.5 Å². The highest BCUT2D eigenvalue weighted by molar-refractivity contribution is 7.98. The number of aromatic amines is 1. The zero-order valence-electron chi connectivity index (χ0n) is 17.0. The van der Waals surface area contributed by atoms with Crippen molar-refractivity contribution in [1.29, 1.82) is 0 Å². The fourth-order valence-electron chi connectivity index (χ4n) is 3.54. The number of hydrogen-bond donors (Lipinski definition) is 3. The third-order valence-electron chi connectivity index (χ3n) is 5.05. The number of thioether (sulfide) groups is 1. The highest BCUT2D eigenvalue weighted by Gasteiger charge is 2.32. The van der Waals surface area contributed by atoms with Gasteiger partial charge < -0.3 is 24.9 Å². The maximum absolute atomic E-state index is 13.0. The molecule has 31 heavy (non-hydrogen) atoms. The van der Waals surface area contributed by atoms with Crippen LogP contribution in [0.4, 0.5) is 5.82 Å². The lowest BCUT2D eigenvalue weighted by Crippen LogP contribution is -2.31. The lowest BCUT2D eigenvalue weighted by molar-refractivity contribution is -0.116. The highest BCUT2D eigenvalue weighted by Crippen LogP contribution is 2.43. The molecule has 8 nitrogen and oxygen atoms in total. The van der Waals surface area contributed by atoms with Crippen molar-refractivity contribution in [3.05, 3.63) is 69.5 Å². The number of nitrogens with one attached hydrogen (secondary N) is 2. The summed E-state index contributed by atoms with van der Waals surface area (Å²) in [6.45, 7) is 0. The molecule has 2 heterocycles. The number of ether oxygens (including phenoxy) is 2. The summed E-state index contributed by atoms with van der Waals surface area (Å²) >= 11 is 1.38. The Labute approximate surface area is 182 Å². The molecule has 3 N–H and O–H groups in total. The van der Waals surface area contributed by atoms with E-state index in [2.05, 4.69) is 15.3 Å². The minimum absolute atomic E-state index is 0.0609. The normalized spacial score (nSPS) is 15.2. The number of nitrogens with zero attached hydrogens (tertiary/aromatic N) is 1. The number of methoxy groups -OCH3 is 2. The summed E-state index contributed by atoms with van der Waals surface area (Å²) in [5, 5.41) is 13.3. The predicted molar refractivity (Wildman–Crippen MR) is 117 cm³/mol. The van der Waals surface area contributed by atoms with Gasteiger partial charge in [-0.15, -0.1) is 0 Å². The Kier molecular flexibility index (Phi) is 5.85. The zero-order valence-corrected chi connectivity index (χ0v) is 17.8. The fourth-order valence-corrected chi connectivity index (χ4v) is 4.36. The van der Waals surface area contributed by atoms with E-state index in [9.17, 15) is 14.7 Å². The number of hydrogen-bond acceptors (Lipinski definition) is 7. The van der Waals surface area contributed by atoms with E-state index in [-0.39, 0.29) is 41.0 Å². The van der Waals surface area contributed by atoms with Gasteiger partial charge in [-0.05, 0) is 23.3 Å². The number of anilines is 1. The number of phenolic OH excluding ortho intramolecular Hbond substituents is 1. The average Bonchev–Trinajstić information content (AvgIpc) is 2.77. The molecular weight excluding hydrogens is 418 g/mol. The van der Waals surface area contributed by atoms with Crippen LogP contribution in [0.2, 0.25) is 0 Å². The van der Waals surface area contributed by atoms with E-state index >= 15 is 0 Å². The van der Waals surface area contributed by atoms with Crippen molar-refractivity contribution in [2.45, 2.75) is 23.2 Å². The second kappa shape index (κ2) is 8.73. The molecule has 0 saturated carbocycles. The van der Waals surface area contributed by atoms with Crippen LogP contribution in [0.3, 0.4) is 0 Å². The van der Waals surface area contributed by atoms with E-state index < -0.39 is 5.92 Å². The molecule has 1 aliphatic heterocycles. The van der Waals surface area contributed by atoms with Crippen molar-refractivity contribution in [2.75, 3.05) is 19.5 Å². The molecule has 0 radical (unpaired) electrons. The first kappa shape index (κ1) is 20.8. The van der Waals surface area contributed by atoms with E-state index in [0.717, 1.165) is 5.56 Å². The smallest absolute Gasteiger partial charge is 0.257 e. The molecule has 2 aromatic carbocycles. The number of phenols is 1. The van der Waals surface area contributed by atoms with Gasteiger partial charge in [-0.1, -0.05) is 42.1 Å². The van der Waals surface area contributed by atoms with Gasteiger partial charge in [0.1, 0.15) is 5.82 Å². The summed E-state index contributed by atoms with van der Waals surface area (Å²) in [6, 6.07) is 13.0. The molecule has 0 aliphatic carbocycles. The van der Waals surface area contributed by atoms with Gasteiger partial charge in [0.25, 0.3) is 5.56 Å². The number of H-pyrrole nitrogens is 1. The Bertz CT molecular complexity index is 1150. The average molecular weight is 439 g/mol. The molecular formula is C22H21N3O5S. The number of benzene rings is 2. The number of carbonyl (C=O) groups is 1. The molecule has 1 aliphatic rings. The van der Waals surface area contributed by atoms with E-state index in [1.54, 1.807) is 12.1 Å². The van der Waals surface area contributed by atoms with Crippen LogP contribution in [-0.4, -0.2) is 35.2 Å². The Hall–Kier alpha value is -3.46. The van der Waals surface area contributed by atoms with Gasteiger partial charge in [0, 0.05) is 18.1 Å². The second-order valence-corrected chi connectivity index (χ2v) is 7.95. The Morgan fingerprint density at radius 3 is 2.45 bits per heavy atom. The summed E-state index contributed by atoms with van der Waals surface area (Å²) in [5.41, 5.74) is 1.74. The fraction of sp³-hybridized carbons (Fsp3) is 0.227. The van der Waals surface area contributed by atoms with Crippen LogP contribution in [0.5, 0.6) is 17.2 Å². The first-order valence-electron chi connectivity index (χ1n) is 9.55. The van der Waals surface area contributed by atoms with E-state index in [4.69, 9.17) is 9.47 Å². The Balaban J connectivity index is 1.71. The van der Waals surface area contributed by atoms with Gasteiger partial charge in [0.05, 0.1) is 19.8 Å². The molecule has 4 rings (SSSR count). The molecule has 0 unspecified atom stereocenters. The molecule has 1 atom stereocenters. The predicted octanol–water partition coefficient (Wildman–Crippen LogP) is 3.26. The van der Waals surface area contributed by atoms with Crippen LogP contribution in [0.1, 0.15) is 29.0 Å². The van der Waals surface area contributed by atoms with Crippen LogP contribution < -0.4 is 20.3 Å². The maximum atomic E-state index is 13.0. The van der Waals surface area contributed by atoms with Crippen molar-refractivity contribution in [3.8, 4) is 17.2 Å². The van der Waals surface area contributed by atoms with Crippen molar-refractivity contribution >= 4 is 23.5 Å². The quantitative estimate of drug-likeness (QED) is 0.399. The topological polar surface area (TPSA) is 114 Å². The minimum Gasteiger partial charge on any atom is -0.502 e. The van der Waals surface area contributed by atoms with E-state index in [1.807, 2.05) is 30.3 Å². The molecule has 0 saturated heterocycles. The molecule has 9 heteroatoms. The summed E-state index contributed by atoms with van der Waals surface area (Å²) in [4.78, 5) is 32.7. The van der Waals surface area contributed by atoms with Crippen molar-refractivity contribution in [2.24, 2.45) is 0 Å². The van der Waals surface area contributed by atoms with Gasteiger partial charge in [-0.3, -0.25) is 9.59 Å². The summed E-state index contributed by atoms with van der Waals surface area (Å²) in [5.74, 6) is 0.312. The number of fused-ring (bicyclic) bond motifs is 1. The maximum Gasteiger partial charge on any atom is 0.257 e. The first-order valence-corrected chi connectivity index (χ1v) is 10.5. The summed E-state index contributed by atoms with van der Waals surface area (Å²) in [7, 11) is 2.84. The molecule has 1 aromatic heterocycles. The number of aromatic hydroxyl groups is 1. The zero-order chi connectivity index (χ0) is 22.0. The first-order chi connectivity index (χ1) is 15.0. The van der Waals surface area contributed by atoms with Crippen LogP contribution in [0.25, 0.3) is 0 Å². The number of amides is 1. The minimum atomic E-state index is -0.559. The van der Waals surface area contributed by atoms with Gasteiger partial charge >= 0.3 is 0 Å². The lowest BCUT2D eigenvalue weighted by atomic mass is 9.86. The third kappa shape index (κ3) is 4.22. The lowest BCUT2D eigenvalue weighted by Gasteiger charge is -2.25. The van der Waals surface area contributed by atoms with Gasteiger partial charge in [0.2, 0.25) is 11.7 Å². The Morgan fingerprint density at radius 1 is 1.13 bits per heavy atom. The third-order valence-corrected chi connectivity index (χ3v) is 6.00. The molecule has 0 spiro atoms. The molecule has 1 amide bonds. The largest absolute Gasteiger partial charge is 0.502 e. The van der Waals surface area contributed by atoms with Crippen molar-refractivity contribution in [1.82, 2.24) is 9.97 Å². The molecule has 0 bridgehead atoms. The monoisotopic (exact) mass is 439 g/mol. The summed E-state index contributed by atoms with van der Waals surface area (Å²) < 4.78 is 10.4. The van der Waals surface area contributed by atoms with Gasteiger partial charge in [-0.2, -0.15) is 0 Å².